The molecule has 0 bridgehead atoms. The maximum absolute atomic E-state index is 13.4. The van der Waals surface area contributed by atoms with Crippen LogP contribution >= 0.6 is 0 Å². The van der Waals surface area contributed by atoms with E-state index in [1.165, 1.54) is 0 Å². The van der Waals surface area contributed by atoms with Gasteiger partial charge in [0.25, 0.3) is 0 Å². The summed E-state index contributed by atoms with van der Waals surface area (Å²) in [7, 11) is 0. The predicted octanol–water partition coefficient (Wildman–Crippen LogP) is 2.44. The molecule has 0 amide bonds. The molecule has 0 unspecified atom stereocenters. The Hall–Kier alpha value is -1.42. The van der Waals surface area contributed by atoms with E-state index in [0.29, 0.717) is 13.0 Å². The van der Waals surface area contributed by atoms with Crippen LogP contribution in [-0.2, 0) is 0 Å². The van der Waals surface area contributed by atoms with Crippen molar-refractivity contribution < 1.29 is 13.9 Å². The van der Waals surface area contributed by atoms with Gasteiger partial charge in [0.2, 0.25) is 0 Å². The average molecular weight is 211 g/mol. The summed E-state index contributed by atoms with van der Waals surface area (Å²) < 4.78 is 26.3. The molecule has 0 aromatic heterocycles. The van der Waals surface area contributed by atoms with E-state index < -0.39 is 11.6 Å². The van der Waals surface area contributed by atoms with Gasteiger partial charge in [-0.2, -0.15) is 0 Å². The average Bonchev–Trinajstić information content (AvgIpc) is 2.22. The number of halogens is 2. The molecular formula is C11H11F2NO. The molecule has 1 atom stereocenters. The lowest BCUT2D eigenvalue weighted by molar-refractivity contribution is 0.339. The summed E-state index contributed by atoms with van der Waals surface area (Å²) >= 11 is 0. The fraction of sp³-hybridized carbons (Fsp3) is 0.273. The number of aliphatic hydroxyl groups excluding tert-OH is 1. The van der Waals surface area contributed by atoms with Crippen molar-refractivity contribution in [2.75, 3.05) is 6.54 Å². The summed E-state index contributed by atoms with van der Waals surface area (Å²) in [5.74, 6) is -0.715. The first-order valence-electron chi connectivity index (χ1n) is 4.73. The van der Waals surface area contributed by atoms with Crippen LogP contribution in [-0.4, -0.2) is 11.7 Å². The summed E-state index contributed by atoms with van der Waals surface area (Å²) in [5.41, 5.74) is 0.259. The molecule has 1 aromatic carbocycles. The zero-order valence-electron chi connectivity index (χ0n) is 8.00. The van der Waals surface area contributed by atoms with E-state index in [-0.39, 0.29) is 17.4 Å². The Morgan fingerprint density at radius 1 is 1.33 bits per heavy atom. The van der Waals surface area contributed by atoms with Crippen LogP contribution in [0, 0.1) is 11.6 Å². The standard InChI is InChI=1S/C11H11F2NO/c12-7-1-2-10(13)9(5-7)11-6-8(15)3-4-14-11/h1-3,5,11,14-15H,4,6H2/t11-/m0/s1. The lowest BCUT2D eigenvalue weighted by Gasteiger charge is -2.22. The Morgan fingerprint density at radius 2 is 2.13 bits per heavy atom. The van der Waals surface area contributed by atoms with Gasteiger partial charge in [-0.25, -0.2) is 8.78 Å². The highest BCUT2D eigenvalue weighted by Crippen LogP contribution is 2.25. The Labute approximate surface area is 86.2 Å². The second-order valence-electron chi connectivity index (χ2n) is 3.53. The number of hydrogen-bond acceptors (Lipinski definition) is 2. The minimum absolute atomic E-state index is 0.211. The van der Waals surface area contributed by atoms with Crippen LogP contribution in [0.1, 0.15) is 18.0 Å². The van der Waals surface area contributed by atoms with E-state index >= 15 is 0 Å². The van der Waals surface area contributed by atoms with E-state index in [2.05, 4.69) is 5.32 Å². The highest BCUT2D eigenvalue weighted by molar-refractivity contribution is 5.24. The maximum Gasteiger partial charge on any atom is 0.128 e. The number of nitrogens with one attached hydrogen (secondary N) is 1. The summed E-state index contributed by atoms with van der Waals surface area (Å²) in [4.78, 5) is 0. The SMILES string of the molecule is OC1=CCN[C@H](c2cc(F)ccc2F)C1. The van der Waals surface area contributed by atoms with E-state index in [1.54, 1.807) is 6.08 Å². The Kier molecular flexibility index (Phi) is 2.68. The molecule has 2 N–H and O–H groups in total. The highest BCUT2D eigenvalue weighted by atomic mass is 19.1. The molecule has 1 aromatic rings. The zero-order valence-corrected chi connectivity index (χ0v) is 8.00. The second kappa shape index (κ2) is 3.98. The molecule has 0 saturated carbocycles. The first kappa shape index (κ1) is 10.1. The van der Waals surface area contributed by atoms with Crippen LogP contribution in [0.25, 0.3) is 0 Å². The molecular weight excluding hydrogens is 200 g/mol. The molecule has 0 fully saturated rings. The van der Waals surface area contributed by atoms with Crippen LogP contribution in [0.5, 0.6) is 0 Å². The number of hydrogen-bond donors (Lipinski definition) is 2. The van der Waals surface area contributed by atoms with Gasteiger partial charge < -0.3 is 10.4 Å². The third-order valence-electron chi connectivity index (χ3n) is 2.45. The van der Waals surface area contributed by atoms with Gasteiger partial charge in [0.1, 0.15) is 11.6 Å². The van der Waals surface area contributed by atoms with Crippen molar-refractivity contribution in [1.29, 1.82) is 0 Å². The molecule has 1 aliphatic rings. The molecule has 2 nitrogen and oxygen atoms in total. The first-order chi connectivity index (χ1) is 7.16. The van der Waals surface area contributed by atoms with Gasteiger partial charge in [0, 0.05) is 24.6 Å². The molecule has 0 saturated heterocycles. The summed E-state index contributed by atoms with van der Waals surface area (Å²) in [6.07, 6.45) is 1.91. The molecule has 0 spiro atoms. The van der Waals surface area contributed by atoms with Crippen molar-refractivity contribution in [3.63, 3.8) is 0 Å². The van der Waals surface area contributed by atoms with Gasteiger partial charge in [0.15, 0.2) is 0 Å². The third kappa shape index (κ3) is 2.15. The van der Waals surface area contributed by atoms with Crippen LogP contribution < -0.4 is 5.32 Å². The Balaban J connectivity index is 2.29. The van der Waals surface area contributed by atoms with Gasteiger partial charge in [-0.1, -0.05) is 0 Å². The number of rotatable bonds is 1. The highest BCUT2D eigenvalue weighted by Gasteiger charge is 2.19. The van der Waals surface area contributed by atoms with Gasteiger partial charge in [-0.15, -0.1) is 0 Å². The minimum Gasteiger partial charge on any atom is -0.513 e. The van der Waals surface area contributed by atoms with Gasteiger partial charge in [-0.3, -0.25) is 0 Å². The van der Waals surface area contributed by atoms with Crippen LogP contribution in [0.15, 0.2) is 30.0 Å². The first-order valence-corrected chi connectivity index (χ1v) is 4.73. The van der Waals surface area contributed by atoms with Crippen LogP contribution in [0.3, 0.4) is 0 Å². The molecule has 1 aliphatic heterocycles. The normalized spacial score (nSPS) is 21.2. The molecule has 2 rings (SSSR count). The molecule has 4 heteroatoms. The fourth-order valence-corrected chi connectivity index (χ4v) is 1.69. The minimum atomic E-state index is -0.470. The molecule has 1 heterocycles. The van der Waals surface area contributed by atoms with Crippen LogP contribution in [0.2, 0.25) is 0 Å². The summed E-state index contributed by atoms with van der Waals surface area (Å²) in [6.45, 7) is 0.465. The van der Waals surface area contributed by atoms with E-state index in [4.69, 9.17) is 0 Å². The maximum atomic E-state index is 13.4. The fourth-order valence-electron chi connectivity index (χ4n) is 1.69. The Bertz CT molecular complexity index is 404. The summed E-state index contributed by atoms with van der Waals surface area (Å²) in [5, 5.41) is 12.3. The summed E-state index contributed by atoms with van der Waals surface area (Å²) in [6, 6.07) is 2.98. The predicted molar refractivity (Wildman–Crippen MR) is 52.4 cm³/mol. The van der Waals surface area contributed by atoms with Crippen molar-refractivity contribution in [3.05, 3.63) is 47.2 Å². The number of aliphatic hydroxyl groups is 1. The monoisotopic (exact) mass is 211 g/mol. The van der Waals surface area contributed by atoms with Crippen LogP contribution in [0.4, 0.5) is 8.78 Å². The van der Waals surface area contributed by atoms with E-state index in [0.717, 1.165) is 18.2 Å². The van der Waals surface area contributed by atoms with Gasteiger partial charge in [0.05, 0.1) is 5.76 Å². The lowest BCUT2D eigenvalue weighted by Crippen LogP contribution is -2.26. The zero-order chi connectivity index (χ0) is 10.8. The molecule has 0 aliphatic carbocycles. The van der Waals surface area contributed by atoms with Crippen molar-refractivity contribution in [1.82, 2.24) is 5.32 Å². The quantitative estimate of drug-likeness (QED) is 0.747. The molecule has 80 valence electrons. The van der Waals surface area contributed by atoms with Gasteiger partial charge in [-0.05, 0) is 24.3 Å². The van der Waals surface area contributed by atoms with Gasteiger partial charge >= 0.3 is 0 Å². The van der Waals surface area contributed by atoms with E-state index in [9.17, 15) is 13.9 Å². The smallest absolute Gasteiger partial charge is 0.128 e. The third-order valence-corrected chi connectivity index (χ3v) is 2.45. The number of benzene rings is 1. The van der Waals surface area contributed by atoms with Crippen molar-refractivity contribution in [3.8, 4) is 0 Å². The van der Waals surface area contributed by atoms with Crippen molar-refractivity contribution in [2.24, 2.45) is 0 Å². The Morgan fingerprint density at radius 3 is 2.87 bits per heavy atom. The van der Waals surface area contributed by atoms with Crippen molar-refractivity contribution >= 4 is 0 Å². The van der Waals surface area contributed by atoms with E-state index in [1.807, 2.05) is 0 Å². The second-order valence-corrected chi connectivity index (χ2v) is 3.53. The lowest BCUT2D eigenvalue weighted by atomic mass is 9.99. The largest absolute Gasteiger partial charge is 0.513 e. The topological polar surface area (TPSA) is 32.3 Å². The molecule has 0 radical (unpaired) electrons. The molecule has 15 heavy (non-hydrogen) atoms. The van der Waals surface area contributed by atoms with Crippen molar-refractivity contribution in [2.45, 2.75) is 12.5 Å².